The molecule has 0 amide bonds. The van der Waals surface area contributed by atoms with E-state index in [2.05, 4.69) is 16.0 Å². The van der Waals surface area contributed by atoms with Crippen LogP contribution in [0.1, 0.15) is 28.6 Å². The number of nitrogens with zero attached hydrogens (tertiary/aromatic N) is 7. The van der Waals surface area contributed by atoms with Gasteiger partial charge in [-0.3, -0.25) is 0 Å². The molecule has 0 fully saturated rings. The van der Waals surface area contributed by atoms with Gasteiger partial charge in [-0.25, -0.2) is 0 Å². The number of anilines is 3. The molecule has 0 aliphatic rings. The number of hydrogen-bond donors (Lipinski definition) is 1. The van der Waals surface area contributed by atoms with E-state index >= 15 is 0 Å². The first-order valence-electron chi connectivity index (χ1n) is 9.88. The van der Waals surface area contributed by atoms with E-state index in [1.165, 1.54) is 6.33 Å². The third-order valence-corrected chi connectivity index (χ3v) is 7.65. The molecular formula is C22H22AsN8O. The topological polar surface area (TPSA) is 118 Å². The van der Waals surface area contributed by atoms with E-state index in [4.69, 9.17) is 20.6 Å². The van der Waals surface area contributed by atoms with Crippen LogP contribution in [0.3, 0.4) is 0 Å². The number of fused-ring (bicyclic) bond motifs is 1. The van der Waals surface area contributed by atoms with E-state index in [9.17, 15) is 5.26 Å². The summed E-state index contributed by atoms with van der Waals surface area (Å²) in [4.78, 5) is 15.2. The Kier molecular flexibility index (Phi) is 5.97. The summed E-state index contributed by atoms with van der Waals surface area (Å²) in [6.07, 6.45) is 3.33. The molecule has 1 unspecified atom stereocenters. The second kappa shape index (κ2) is 8.85. The van der Waals surface area contributed by atoms with E-state index < -0.39 is 15.8 Å². The first kappa shape index (κ1) is 21.6. The molecule has 161 valence electrons. The van der Waals surface area contributed by atoms with Gasteiger partial charge >= 0.3 is 193 Å². The summed E-state index contributed by atoms with van der Waals surface area (Å²) in [5.41, 5.74) is 9.17. The van der Waals surface area contributed by atoms with Crippen molar-refractivity contribution in [2.45, 2.75) is 18.6 Å². The SMILES string of the molecule is COc1cccc(N(C)c2nc(C(C)[As]c3ncnc(N)c3C#N)nn3ccc(C)c23)c1. The number of benzene rings is 1. The predicted octanol–water partition coefficient (Wildman–Crippen LogP) is 2.15. The fourth-order valence-electron chi connectivity index (χ4n) is 3.36. The summed E-state index contributed by atoms with van der Waals surface area (Å²) in [5.74, 6) is 2.45. The van der Waals surface area contributed by atoms with E-state index in [-0.39, 0.29) is 10.5 Å². The Balaban J connectivity index is 1.77. The van der Waals surface area contributed by atoms with Gasteiger partial charge in [-0.1, -0.05) is 0 Å². The van der Waals surface area contributed by atoms with E-state index in [1.54, 1.807) is 7.11 Å². The Morgan fingerprint density at radius 3 is 2.84 bits per heavy atom. The van der Waals surface area contributed by atoms with Gasteiger partial charge in [0.25, 0.3) is 0 Å². The Hall–Kier alpha value is -3.63. The summed E-state index contributed by atoms with van der Waals surface area (Å²) in [6.45, 7) is 4.09. The van der Waals surface area contributed by atoms with E-state index in [0.717, 1.165) is 28.3 Å². The predicted molar refractivity (Wildman–Crippen MR) is 124 cm³/mol. The fraction of sp³-hybridized carbons (Fsp3) is 0.227. The zero-order valence-electron chi connectivity index (χ0n) is 18.2. The minimum atomic E-state index is -0.559. The van der Waals surface area contributed by atoms with Crippen molar-refractivity contribution in [3.63, 3.8) is 0 Å². The van der Waals surface area contributed by atoms with E-state index in [1.807, 2.05) is 66.8 Å². The number of aryl methyl sites for hydroxylation is 1. The molecule has 3 aromatic heterocycles. The van der Waals surface area contributed by atoms with Crippen LogP contribution in [0.2, 0.25) is 0 Å². The van der Waals surface area contributed by atoms with Crippen LogP contribution in [-0.2, 0) is 0 Å². The molecule has 0 saturated heterocycles. The summed E-state index contributed by atoms with van der Waals surface area (Å²) in [7, 11) is 3.63. The van der Waals surface area contributed by atoms with Crippen molar-refractivity contribution in [3.05, 3.63) is 59.8 Å². The molecule has 4 rings (SSSR count). The Morgan fingerprint density at radius 2 is 2.09 bits per heavy atom. The van der Waals surface area contributed by atoms with E-state index in [0.29, 0.717) is 15.9 Å². The van der Waals surface area contributed by atoms with Crippen LogP contribution >= 0.6 is 0 Å². The van der Waals surface area contributed by atoms with Gasteiger partial charge < -0.3 is 0 Å². The van der Waals surface area contributed by atoms with Crippen LogP contribution in [-0.4, -0.2) is 54.5 Å². The fourth-order valence-corrected chi connectivity index (χ4v) is 5.47. The first-order valence-corrected chi connectivity index (χ1v) is 11.9. The van der Waals surface area contributed by atoms with Gasteiger partial charge in [-0.05, 0) is 0 Å². The molecule has 0 aliphatic carbocycles. The van der Waals surface area contributed by atoms with Crippen molar-refractivity contribution in [1.82, 2.24) is 24.6 Å². The van der Waals surface area contributed by atoms with Crippen LogP contribution in [0.25, 0.3) is 5.52 Å². The van der Waals surface area contributed by atoms with Crippen molar-refractivity contribution in [2.24, 2.45) is 0 Å². The molecule has 1 radical (unpaired) electrons. The first-order chi connectivity index (χ1) is 15.4. The normalized spacial score (nSPS) is 12.2. The Morgan fingerprint density at radius 1 is 1.28 bits per heavy atom. The number of methoxy groups -OCH3 is 1. The molecule has 4 aromatic rings. The van der Waals surface area contributed by atoms with Crippen molar-refractivity contribution in [1.29, 1.82) is 5.26 Å². The van der Waals surface area contributed by atoms with Crippen LogP contribution in [0, 0.1) is 18.3 Å². The molecule has 3 heterocycles. The average molecular weight is 489 g/mol. The third-order valence-electron chi connectivity index (χ3n) is 5.13. The van der Waals surface area contributed by atoms with Gasteiger partial charge in [0.1, 0.15) is 0 Å². The molecule has 0 spiro atoms. The molecule has 0 aliphatic heterocycles. The number of ether oxygens (including phenoxy) is 1. The van der Waals surface area contributed by atoms with Crippen LogP contribution in [0.5, 0.6) is 5.75 Å². The second-order valence-corrected chi connectivity index (χ2v) is 10.3. The van der Waals surface area contributed by atoms with Gasteiger partial charge in [-0.2, -0.15) is 0 Å². The van der Waals surface area contributed by atoms with Crippen LogP contribution in [0.4, 0.5) is 17.3 Å². The number of nitrogens with two attached hydrogens (primary N) is 1. The summed E-state index contributed by atoms with van der Waals surface area (Å²) < 4.78 is 7.91. The van der Waals surface area contributed by atoms with Gasteiger partial charge in [0.15, 0.2) is 0 Å². The number of rotatable bonds is 6. The summed E-state index contributed by atoms with van der Waals surface area (Å²) in [6, 6.07) is 12.0. The van der Waals surface area contributed by atoms with Gasteiger partial charge in [0.05, 0.1) is 0 Å². The number of aromatic nitrogens is 5. The van der Waals surface area contributed by atoms with Crippen LogP contribution < -0.4 is 19.9 Å². The summed E-state index contributed by atoms with van der Waals surface area (Å²) in [5, 5.41) is 14.2. The molecule has 1 aromatic carbocycles. The van der Waals surface area contributed by atoms with Crippen molar-refractivity contribution in [2.75, 3.05) is 24.8 Å². The maximum atomic E-state index is 9.47. The second-order valence-electron chi connectivity index (χ2n) is 7.22. The molecule has 0 bridgehead atoms. The molecule has 1 atom stereocenters. The minimum absolute atomic E-state index is 0.0165. The van der Waals surface area contributed by atoms with Crippen molar-refractivity contribution < 1.29 is 4.74 Å². The standard InChI is InChI=1S/C22H22AsN8O/c1-13-8-9-31-18(13)22(30(3)15-6-5-7-16(10-15)32-4)28-21(29-31)14(2)23-19-17(11-24)20(25)27-12-26-19/h5-10,12,14H,1-4H3,(H2,25,26,27). The number of hydrogen-bond acceptors (Lipinski definition) is 8. The van der Waals surface area contributed by atoms with Gasteiger partial charge in [-0.15, -0.1) is 0 Å². The summed E-state index contributed by atoms with van der Waals surface area (Å²) >= 11 is -0.559. The Labute approximate surface area is 192 Å². The number of nitriles is 1. The molecule has 10 heteroatoms. The van der Waals surface area contributed by atoms with Crippen molar-refractivity contribution in [3.8, 4) is 11.8 Å². The molecule has 9 nitrogen and oxygen atoms in total. The molecule has 2 N–H and O–H groups in total. The zero-order valence-corrected chi connectivity index (χ0v) is 20.1. The van der Waals surface area contributed by atoms with Crippen LogP contribution in [0.15, 0.2) is 42.9 Å². The monoisotopic (exact) mass is 489 g/mol. The van der Waals surface area contributed by atoms with Gasteiger partial charge in [0, 0.05) is 0 Å². The Bertz CT molecular complexity index is 1330. The van der Waals surface area contributed by atoms with Gasteiger partial charge in [0.2, 0.25) is 0 Å². The third kappa shape index (κ3) is 3.97. The maximum absolute atomic E-state index is 9.47. The number of nitrogen functional groups attached to an aromatic ring is 1. The zero-order chi connectivity index (χ0) is 22.8. The average Bonchev–Trinajstić information content (AvgIpc) is 3.19. The molecule has 0 saturated carbocycles. The molecule has 32 heavy (non-hydrogen) atoms. The quantitative estimate of drug-likeness (QED) is 0.410. The molecular weight excluding hydrogens is 467 g/mol. The van der Waals surface area contributed by atoms with Crippen molar-refractivity contribution >= 4 is 43.1 Å².